The Balaban J connectivity index is 1.36. The topological polar surface area (TPSA) is 81.6 Å². The zero-order chi connectivity index (χ0) is 18.6. The van der Waals surface area contributed by atoms with Crippen LogP contribution < -0.4 is 4.74 Å². The second-order valence-electron chi connectivity index (χ2n) is 6.59. The molecule has 0 atom stereocenters. The van der Waals surface area contributed by atoms with Gasteiger partial charge in [0.1, 0.15) is 5.75 Å². The number of rotatable bonds is 8. The summed E-state index contributed by atoms with van der Waals surface area (Å²) in [5, 5.41) is 3.90. The molecule has 0 saturated heterocycles. The van der Waals surface area contributed by atoms with Gasteiger partial charge in [-0.25, -0.2) is 0 Å². The van der Waals surface area contributed by atoms with Crippen molar-refractivity contribution >= 4 is 5.91 Å². The van der Waals surface area contributed by atoms with Crippen LogP contribution in [0.2, 0.25) is 0 Å². The average molecular weight is 367 g/mol. The van der Waals surface area contributed by atoms with Crippen LogP contribution in [0.15, 0.2) is 51.6 Å². The van der Waals surface area contributed by atoms with Gasteiger partial charge < -0.3 is 18.6 Å². The monoisotopic (exact) mass is 367 g/mol. The third-order valence-electron chi connectivity index (χ3n) is 4.58. The number of nitrogens with zero attached hydrogens (tertiary/aromatic N) is 3. The van der Waals surface area contributed by atoms with E-state index >= 15 is 0 Å². The summed E-state index contributed by atoms with van der Waals surface area (Å²) in [6.07, 6.45) is 4.43. The highest BCUT2D eigenvalue weighted by molar-refractivity contribution is 5.77. The minimum absolute atomic E-state index is 0.103. The Kier molecular flexibility index (Phi) is 4.91. The summed E-state index contributed by atoms with van der Waals surface area (Å²) in [6, 6.07) is 11.7. The van der Waals surface area contributed by atoms with Gasteiger partial charge in [-0.2, -0.15) is 4.98 Å². The van der Waals surface area contributed by atoms with Crippen LogP contribution in [-0.4, -0.2) is 34.1 Å². The van der Waals surface area contributed by atoms with Crippen molar-refractivity contribution in [3.8, 4) is 17.3 Å². The molecule has 7 heteroatoms. The van der Waals surface area contributed by atoms with Crippen LogP contribution in [0, 0.1) is 0 Å². The molecule has 140 valence electrons. The van der Waals surface area contributed by atoms with E-state index in [1.165, 1.54) is 0 Å². The molecule has 0 spiro atoms. The third kappa shape index (κ3) is 4.19. The van der Waals surface area contributed by atoms with Gasteiger partial charge in [0.2, 0.25) is 17.6 Å². The number of aryl methyl sites for hydroxylation is 1. The standard InChI is InChI=1S/C20H21N3O4/c1-25-16-8-4-14(5-9-16)13-23(15-6-7-15)19(24)11-10-18-21-20(22-27-18)17-3-2-12-26-17/h2-5,8-9,12,15H,6-7,10-11,13H2,1H3. The molecule has 7 nitrogen and oxygen atoms in total. The van der Waals surface area contributed by atoms with Crippen molar-refractivity contribution in [2.45, 2.75) is 38.3 Å². The van der Waals surface area contributed by atoms with Crippen LogP contribution in [0.1, 0.15) is 30.7 Å². The molecule has 0 N–H and O–H groups in total. The van der Waals surface area contributed by atoms with Crippen molar-refractivity contribution in [3.63, 3.8) is 0 Å². The molecule has 0 aliphatic heterocycles. The summed E-state index contributed by atoms with van der Waals surface area (Å²) < 4.78 is 15.7. The fraction of sp³-hybridized carbons (Fsp3) is 0.350. The van der Waals surface area contributed by atoms with Crippen LogP contribution in [0.3, 0.4) is 0 Å². The zero-order valence-corrected chi connectivity index (χ0v) is 15.1. The first kappa shape index (κ1) is 17.3. The number of benzene rings is 1. The fourth-order valence-electron chi connectivity index (χ4n) is 2.95. The molecular formula is C20H21N3O4. The zero-order valence-electron chi connectivity index (χ0n) is 15.1. The molecule has 0 unspecified atom stereocenters. The highest BCUT2D eigenvalue weighted by Crippen LogP contribution is 2.29. The Labute approximate surface area is 156 Å². The summed E-state index contributed by atoms with van der Waals surface area (Å²) in [5.74, 6) is 2.31. The first-order chi connectivity index (χ1) is 13.2. The lowest BCUT2D eigenvalue weighted by atomic mass is 10.2. The van der Waals surface area contributed by atoms with E-state index in [0.717, 1.165) is 24.2 Å². The highest BCUT2D eigenvalue weighted by atomic mass is 16.5. The van der Waals surface area contributed by atoms with Gasteiger partial charge in [-0.15, -0.1) is 0 Å². The van der Waals surface area contributed by atoms with Crippen LogP contribution >= 0.6 is 0 Å². The first-order valence-electron chi connectivity index (χ1n) is 9.02. The molecule has 1 aliphatic rings. The molecule has 0 radical (unpaired) electrons. The number of aromatic nitrogens is 2. The minimum atomic E-state index is 0.103. The molecule has 1 aromatic carbocycles. The lowest BCUT2D eigenvalue weighted by molar-refractivity contribution is -0.132. The second kappa shape index (κ2) is 7.65. The summed E-state index contributed by atoms with van der Waals surface area (Å²) in [6.45, 7) is 0.606. The second-order valence-corrected chi connectivity index (χ2v) is 6.59. The van der Waals surface area contributed by atoms with E-state index in [-0.39, 0.29) is 5.91 Å². The average Bonchev–Trinajstić information content (AvgIpc) is 3.19. The maximum atomic E-state index is 12.8. The molecule has 1 saturated carbocycles. The van der Waals surface area contributed by atoms with Crippen molar-refractivity contribution < 1.29 is 18.5 Å². The molecular weight excluding hydrogens is 346 g/mol. The Morgan fingerprint density at radius 3 is 2.74 bits per heavy atom. The molecule has 4 rings (SSSR count). The summed E-state index contributed by atoms with van der Waals surface area (Å²) >= 11 is 0. The van der Waals surface area contributed by atoms with Gasteiger partial charge >= 0.3 is 0 Å². The van der Waals surface area contributed by atoms with Crippen molar-refractivity contribution in [1.29, 1.82) is 0 Å². The van der Waals surface area contributed by atoms with Gasteiger partial charge in [-0.3, -0.25) is 4.79 Å². The quantitative estimate of drug-likeness (QED) is 0.606. The normalized spacial score (nSPS) is 13.5. The predicted molar refractivity (Wildman–Crippen MR) is 96.9 cm³/mol. The van der Waals surface area contributed by atoms with Gasteiger partial charge in [-0.1, -0.05) is 17.3 Å². The highest BCUT2D eigenvalue weighted by Gasteiger charge is 2.32. The molecule has 3 aromatic rings. The lowest BCUT2D eigenvalue weighted by Gasteiger charge is -2.22. The van der Waals surface area contributed by atoms with E-state index in [1.807, 2.05) is 29.2 Å². The molecule has 2 heterocycles. The molecule has 0 bridgehead atoms. The van der Waals surface area contributed by atoms with Crippen molar-refractivity contribution in [2.75, 3.05) is 7.11 Å². The lowest BCUT2D eigenvalue weighted by Crippen LogP contribution is -2.32. The summed E-state index contributed by atoms with van der Waals surface area (Å²) in [7, 11) is 1.64. The maximum absolute atomic E-state index is 12.8. The fourth-order valence-corrected chi connectivity index (χ4v) is 2.95. The van der Waals surface area contributed by atoms with E-state index in [0.29, 0.717) is 42.9 Å². The third-order valence-corrected chi connectivity index (χ3v) is 4.58. The Morgan fingerprint density at radius 1 is 1.26 bits per heavy atom. The predicted octanol–water partition coefficient (Wildman–Crippen LogP) is 3.46. The van der Waals surface area contributed by atoms with Crippen molar-refractivity contribution in [2.24, 2.45) is 0 Å². The van der Waals surface area contributed by atoms with Gasteiger partial charge in [0, 0.05) is 25.4 Å². The molecule has 2 aromatic heterocycles. The van der Waals surface area contributed by atoms with Gasteiger partial charge in [-0.05, 0) is 42.7 Å². The van der Waals surface area contributed by atoms with Crippen LogP contribution in [0.25, 0.3) is 11.6 Å². The maximum Gasteiger partial charge on any atom is 0.238 e. The number of carbonyl (C=O) groups excluding carboxylic acids is 1. The Morgan fingerprint density at radius 2 is 2.07 bits per heavy atom. The Hall–Kier alpha value is -3.09. The molecule has 27 heavy (non-hydrogen) atoms. The van der Waals surface area contributed by atoms with Crippen molar-refractivity contribution in [3.05, 3.63) is 54.1 Å². The van der Waals surface area contributed by atoms with Crippen LogP contribution in [0.5, 0.6) is 5.75 Å². The van der Waals surface area contributed by atoms with Crippen molar-refractivity contribution in [1.82, 2.24) is 15.0 Å². The number of methoxy groups -OCH3 is 1. The smallest absolute Gasteiger partial charge is 0.238 e. The summed E-state index contributed by atoms with van der Waals surface area (Å²) in [4.78, 5) is 19.0. The van der Waals surface area contributed by atoms with Gasteiger partial charge in [0.15, 0.2) is 5.76 Å². The number of ether oxygens (including phenoxy) is 1. The number of amides is 1. The van der Waals surface area contributed by atoms with E-state index in [2.05, 4.69) is 10.1 Å². The minimum Gasteiger partial charge on any atom is -0.497 e. The number of carbonyl (C=O) groups is 1. The van der Waals surface area contributed by atoms with E-state index in [1.54, 1.807) is 25.5 Å². The molecule has 1 amide bonds. The number of hydrogen-bond acceptors (Lipinski definition) is 6. The SMILES string of the molecule is COc1ccc(CN(C(=O)CCc2nc(-c3ccco3)no2)C2CC2)cc1. The largest absolute Gasteiger partial charge is 0.497 e. The molecule has 1 aliphatic carbocycles. The van der Waals surface area contributed by atoms with Gasteiger partial charge in [0.05, 0.1) is 13.4 Å². The number of hydrogen-bond donors (Lipinski definition) is 0. The summed E-state index contributed by atoms with van der Waals surface area (Å²) in [5.41, 5.74) is 1.09. The molecule has 1 fully saturated rings. The van der Waals surface area contributed by atoms with Crippen LogP contribution in [-0.2, 0) is 17.8 Å². The number of furan rings is 1. The van der Waals surface area contributed by atoms with E-state index < -0.39 is 0 Å². The Bertz CT molecular complexity index is 882. The first-order valence-corrected chi connectivity index (χ1v) is 9.02. The van der Waals surface area contributed by atoms with E-state index in [9.17, 15) is 4.79 Å². The van der Waals surface area contributed by atoms with Crippen LogP contribution in [0.4, 0.5) is 0 Å². The van der Waals surface area contributed by atoms with E-state index in [4.69, 9.17) is 13.7 Å². The van der Waals surface area contributed by atoms with Gasteiger partial charge in [0.25, 0.3) is 0 Å².